The van der Waals surface area contributed by atoms with Gasteiger partial charge in [0, 0.05) is 13.1 Å². The molecule has 1 amide bonds. The molecule has 35 heavy (non-hydrogen) atoms. The van der Waals surface area contributed by atoms with Crippen LogP contribution in [0.3, 0.4) is 0 Å². The number of carbonyl (C=O) groups is 1. The Labute approximate surface area is 208 Å². The summed E-state index contributed by atoms with van der Waals surface area (Å²) in [5.41, 5.74) is 3.71. The van der Waals surface area contributed by atoms with E-state index in [4.69, 9.17) is 0 Å². The number of benzene rings is 3. The van der Waals surface area contributed by atoms with Gasteiger partial charge in [-0.15, -0.1) is 0 Å². The predicted octanol–water partition coefficient (Wildman–Crippen LogP) is 4.49. The Kier molecular flexibility index (Phi) is 8.21. The lowest BCUT2D eigenvalue weighted by atomic mass is 10.1. The summed E-state index contributed by atoms with van der Waals surface area (Å²) < 4.78 is 27.9. The lowest BCUT2D eigenvalue weighted by Gasteiger charge is -2.26. The van der Waals surface area contributed by atoms with E-state index in [-0.39, 0.29) is 17.3 Å². The molecule has 0 atom stereocenters. The normalized spacial score (nSPS) is 14.4. The Hall–Kier alpha value is -3.16. The van der Waals surface area contributed by atoms with Crippen LogP contribution in [0.15, 0.2) is 83.8 Å². The summed E-state index contributed by atoms with van der Waals surface area (Å²) in [7, 11) is -3.90. The van der Waals surface area contributed by atoms with Crippen LogP contribution in [-0.2, 0) is 27.9 Å². The van der Waals surface area contributed by atoms with Gasteiger partial charge in [-0.05, 0) is 68.2 Å². The van der Waals surface area contributed by atoms with Gasteiger partial charge in [0.2, 0.25) is 5.91 Å². The van der Waals surface area contributed by atoms with Crippen LogP contribution in [-0.4, -0.2) is 38.9 Å². The van der Waals surface area contributed by atoms with Gasteiger partial charge in [-0.2, -0.15) is 0 Å². The highest BCUT2D eigenvalue weighted by Crippen LogP contribution is 2.24. The molecule has 7 heteroatoms. The lowest BCUT2D eigenvalue weighted by molar-refractivity contribution is -0.119. The first-order chi connectivity index (χ1) is 16.9. The molecule has 3 aromatic rings. The molecule has 1 aliphatic heterocycles. The van der Waals surface area contributed by atoms with E-state index >= 15 is 0 Å². The fraction of sp³-hybridized carbons (Fsp3) is 0.321. The lowest BCUT2D eigenvalue weighted by Crippen LogP contribution is -2.40. The van der Waals surface area contributed by atoms with Crippen LogP contribution >= 0.6 is 0 Å². The minimum atomic E-state index is -3.90. The summed E-state index contributed by atoms with van der Waals surface area (Å²) in [6.45, 7) is 5.24. The van der Waals surface area contributed by atoms with Crippen molar-refractivity contribution in [2.75, 3.05) is 23.9 Å². The van der Waals surface area contributed by atoms with E-state index in [0.29, 0.717) is 12.2 Å². The van der Waals surface area contributed by atoms with E-state index in [2.05, 4.69) is 22.3 Å². The van der Waals surface area contributed by atoms with E-state index in [1.165, 1.54) is 29.1 Å². The van der Waals surface area contributed by atoms with Crippen molar-refractivity contribution in [1.82, 2.24) is 10.2 Å². The molecule has 1 N–H and O–H groups in total. The highest BCUT2D eigenvalue weighted by atomic mass is 32.2. The number of nitrogens with zero attached hydrogens (tertiary/aromatic N) is 2. The standard InChI is InChI=1S/C28H33N3O3S/c1-23-10-16-26(17-11-23)31(35(33,34)27-8-4-2-5-9-27)22-28(32)29-20-24-12-14-25(15-13-24)21-30-18-6-3-7-19-30/h2,4-5,8-17H,3,6-7,18-22H2,1H3,(H,29,32). The third-order valence-electron chi connectivity index (χ3n) is 6.31. The fourth-order valence-electron chi connectivity index (χ4n) is 4.27. The number of piperidine rings is 1. The van der Waals surface area contributed by atoms with Crippen molar-refractivity contribution in [3.05, 3.63) is 95.6 Å². The first kappa shape index (κ1) is 24.9. The maximum Gasteiger partial charge on any atom is 0.264 e. The predicted molar refractivity (Wildman–Crippen MR) is 140 cm³/mol. The number of hydrogen-bond donors (Lipinski definition) is 1. The first-order valence-electron chi connectivity index (χ1n) is 12.1. The number of rotatable bonds is 9. The Morgan fingerprint density at radius 1 is 0.857 bits per heavy atom. The number of sulfonamides is 1. The maximum atomic E-state index is 13.4. The number of amides is 1. The van der Waals surface area contributed by atoms with Crippen molar-refractivity contribution in [3.63, 3.8) is 0 Å². The van der Waals surface area contributed by atoms with Gasteiger partial charge in [0.25, 0.3) is 10.0 Å². The number of likely N-dealkylation sites (tertiary alicyclic amines) is 1. The van der Waals surface area contributed by atoms with E-state index in [0.717, 1.165) is 30.8 Å². The molecule has 1 aliphatic rings. The number of hydrogen-bond acceptors (Lipinski definition) is 4. The Morgan fingerprint density at radius 2 is 1.49 bits per heavy atom. The minimum absolute atomic E-state index is 0.151. The van der Waals surface area contributed by atoms with E-state index in [1.54, 1.807) is 42.5 Å². The molecule has 0 radical (unpaired) electrons. The van der Waals surface area contributed by atoms with Crippen molar-refractivity contribution in [1.29, 1.82) is 0 Å². The third kappa shape index (κ3) is 6.71. The molecule has 184 valence electrons. The van der Waals surface area contributed by atoms with Crippen molar-refractivity contribution in [3.8, 4) is 0 Å². The SMILES string of the molecule is Cc1ccc(N(CC(=O)NCc2ccc(CN3CCCCC3)cc2)S(=O)(=O)c2ccccc2)cc1. The molecule has 0 aliphatic carbocycles. The number of carbonyl (C=O) groups excluding carboxylic acids is 1. The van der Waals surface area contributed by atoms with Gasteiger partial charge < -0.3 is 5.32 Å². The van der Waals surface area contributed by atoms with Crippen molar-refractivity contribution < 1.29 is 13.2 Å². The van der Waals surface area contributed by atoms with E-state index in [9.17, 15) is 13.2 Å². The maximum absolute atomic E-state index is 13.4. The Morgan fingerprint density at radius 3 is 2.14 bits per heavy atom. The van der Waals surface area contributed by atoms with Gasteiger partial charge in [0.1, 0.15) is 6.54 Å². The average molecular weight is 492 g/mol. The molecule has 0 spiro atoms. The molecular formula is C28H33N3O3S. The molecular weight excluding hydrogens is 458 g/mol. The van der Waals surface area contributed by atoms with Gasteiger partial charge >= 0.3 is 0 Å². The fourth-order valence-corrected chi connectivity index (χ4v) is 5.71. The molecule has 3 aromatic carbocycles. The molecule has 6 nitrogen and oxygen atoms in total. The second-order valence-corrected chi connectivity index (χ2v) is 11.0. The monoisotopic (exact) mass is 491 g/mol. The van der Waals surface area contributed by atoms with Gasteiger partial charge in [-0.25, -0.2) is 8.42 Å². The molecule has 1 fully saturated rings. The molecule has 0 unspecified atom stereocenters. The first-order valence-corrected chi connectivity index (χ1v) is 13.6. The zero-order valence-corrected chi connectivity index (χ0v) is 21.0. The van der Waals surface area contributed by atoms with Crippen LogP contribution in [0.4, 0.5) is 5.69 Å². The van der Waals surface area contributed by atoms with Crippen molar-refractivity contribution >= 4 is 21.6 Å². The van der Waals surface area contributed by atoms with Crippen LogP contribution in [0.5, 0.6) is 0 Å². The Balaban J connectivity index is 1.41. The largest absolute Gasteiger partial charge is 0.350 e. The topological polar surface area (TPSA) is 69.7 Å². The zero-order valence-electron chi connectivity index (χ0n) is 20.2. The van der Waals surface area contributed by atoms with Gasteiger partial charge in [0.15, 0.2) is 0 Å². The molecule has 4 rings (SSSR count). The van der Waals surface area contributed by atoms with Crippen LogP contribution in [0.1, 0.15) is 36.0 Å². The van der Waals surface area contributed by atoms with Crippen LogP contribution in [0.2, 0.25) is 0 Å². The zero-order chi connectivity index (χ0) is 24.7. The quantitative estimate of drug-likeness (QED) is 0.479. The summed E-state index contributed by atoms with van der Waals surface area (Å²) in [4.78, 5) is 15.5. The van der Waals surface area contributed by atoms with Crippen molar-refractivity contribution in [2.24, 2.45) is 0 Å². The molecule has 0 aromatic heterocycles. The van der Waals surface area contributed by atoms with E-state index < -0.39 is 10.0 Å². The van der Waals surface area contributed by atoms with E-state index in [1.807, 2.05) is 31.2 Å². The van der Waals surface area contributed by atoms with Gasteiger partial charge in [-0.1, -0.05) is 66.6 Å². The average Bonchev–Trinajstić information content (AvgIpc) is 2.88. The minimum Gasteiger partial charge on any atom is -0.350 e. The molecule has 1 saturated heterocycles. The highest BCUT2D eigenvalue weighted by molar-refractivity contribution is 7.92. The second kappa shape index (κ2) is 11.5. The highest BCUT2D eigenvalue weighted by Gasteiger charge is 2.27. The second-order valence-electron chi connectivity index (χ2n) is 9.09. The number of aryl methyl sites for hydroxylation is 1. The smallest absolute Gasteiger partial charge is 0.264 e. The molecule has 0 saturated carbocycles. The molecule has 0 bridgehead atoms. The summed E-state index contributed by atoms with van der Waals surface area (Å²) in [6.07, 6.45) is 3.86. The van der Waals surface area contributed by atoms with Crippen LogP contribution in [0, 0.1) is 6.92 Å². The molecule has 1 heterocycles. The summed E-state index contributed by atoms with van der Waals surface area (Å²) in [5, 5.41) is 2.88. The number of anilines is 1. The third-order valence-corrected chi connectivity index (χ3v) is 8.10. The van der Waals surface area contributed by atoms with Gasteiger partial charge in [-0.3, -0.25) is 14.0 Å². The summed E-state index contributed by atoms with van der Waals surface area (Å²) in [6, 6.07) is 23.6. The van der Waals surface area contributed by atoms with Crippen molar-refractivity contribution in [2.45, 2.75) is 44.2 Å². The number of nitrogens with one attached hydrogen (secondary N) is 1. The Bertz CT molecular complexity index is 1200. The summed E-state index contributed by atoms with van der Waals surface area (Å²) >= 11 is 0. The van der Waals surface area contributed by atoms with Crippen LogP contribution in [0.25, 0.3) is 0 Å². The van der Waals surface area contributed by atoms with Gasteiger partial charge in [0.05, 0.1) is 10.6 Å². The summed E-state index contributed by atoms with van der Waals surface area (Å²) in [5.74, 6) is -0.359. The van der Waals surface area contributed by atoms with Crippen LogP contribution < -0.4 is 9.62 Å².